The number of nitrogens with one attached hydrogen (secondary N) is 2. The molecule has 0 spiro atoms. The standard InChI is InChI=1S/C15H24N4O3S.HI/c1-22-13-7-4-6-12(9-13)18-15(16)17-10-11-5-3-8-14(11)19-23(2,20)21;/h4,6-7,9,11,14,19H,3,5,8,10H2,1-2H3,(H3,16,17,18);1H. The van der Waals surface area contributed by atoms with Crippen LogP contribution in [0.4, 0.5) is 5.69 Å². The van der Waals surface area contributed by atoms with Crippen molar-refractivity contribution in [2.24, 2.45) is 16.6 Å². The van der Waals surface area contributed by atoms with E-state index in [-0.39, 0.29) is 35.9 Å². The van der Waals surface area contributed by atoms with Gasteiger partial charge in [0.2, 0.25) is 10.0 Å². The molecule has 1 aromatic rings. The average molecular weight is 468 g/mol. The van der Waals surface area contributed by atoms with Crippen LogP contribution in [-0.2, 0) is 10.0 Å². The lowest BCUT2D eigenvalue weighted by Crippen LogP contribution is -2.38. The SMILES string of the molecule is COc1cccc(NC(N)=NCC2CCCC2NS(C)(=O)=O)c1.I. The molecule has 9 heteroatoms. The molecule has 1 aliphatic carbocycles. The van der Waals surface area contributed by atoms with E-state index < -0.39 is 10.0 Å². The average Bonchev–Trinajstić information content (AvgIpc) is 2.90. The van der Waals surface area contributed by atoms with Gasteiger partial charge in [-0.1, -0.05) is 12.5 Å². The molecule has 4 N–H and O–H groups in total. The van der Waals surface area contributed by atoms with E-state index in [1.54, 1.807) is 7.11 Å². The number of sulfonamides is 1. The van der Waals surface area contributed by atoms with Crippen molar-refractivity contribution in [3.05, 3.63) is 24.3 Å². The molecule has 0 radical (unpaired) electrons. The van der Waals surface area contributed by atoms with Crippen LogP contribution in [-0.4, -0.2) is 40.3 Å². The second-order valence-electron chi connectivity index (χ2n) is 5.77. The smallest absolute Gasteiger partial charge is 0.208 e. The van der Waals surface area contributed by atoms with E-state index in [0.29, 0.717) is 12.5 Å². The topological polar surface area (TPSA) is 106 Å². The van der Waals surface area contributed by atoms with Gasteiger partial charge in [0.1, 0.15) is 5.75 Å². The summed E-state index contributed by atoms with van der Waals surface area (Å²) in [7, 11) is -1.59. The van der Waals surface area contributed by atoms with Crippen LogP contribution in [0.15, 0.2) is 29.3 Å². The predicted octanol–water partition coefficient (Wildman–Crippen LogP) is 1.76. The van der Waals surface area contributed by atoms with Crippen LogP contribution in [0.3, 0.4) is 0 Å². The second kappa shape index (κ2) is 9.42. The Morgan fingerprint density at radius 3 is 2.83 bits per heavy atom. The summed E-state index contributed by atoms with van der Waals surface area (Å²) >= 11 is 0. The van der Waals surface area contributed by atoms with Crippen molar-refractivity contribution in [3.63, 3.8) is 0 Å². The molecule has 0 amide bonds. The number of methoxy groups -OCH3 is 1. The highest BCUT2D eigenvalue weighted by atomic mass is 127. The number of rotatable bonds is 6. The zero-order valence-corrected chi connectivity index (χ0v) is 17.0. The van der Waals surface area contributed by atoms with E-state index >= 15 is 0 Å². The van der Waals surface area contributed by atoms with Gasteiger partial charge in [-0.25, -0.2) is 13.1 Å². The van der Waals surface area contributed by atoms with Crippen LogP contribution < -0.4 is 20.5 Å². The maximum Gasteiger partial charge on any atom is 0.208 e. The van der Waals surface area contributed by atoms with E-state index in [2.05, 4.69) is 15.0 Å². The number of halogens is 1. The van der Waals surface area contributed by atoms with Crippen LogP contribution in [0.2, 0.25) is 0 Å². The number of ether oxygens (including phenoxy) is 1. The van der Waals surface area contributed by atoms with Crippen molar-refractivity contribution < 1.29 is 13.2 Å². The van der Waals surface area contributed by atoms with Gasteiger partial charge in [-0.3, -0.25) is 4.99 Å². The molecular weight excluding hydrogens is 443 g/mol. The number of hydrogen-bond donors (Lipinski definition) is 3. The fourth-order valence-corrected chi connectivity index (χ4v) is 3.65. The van der Waals surface area contributed by atoms with Crippen molar-refractivity contribution >= 4 is 45.6 Å². The molecule has 1 aliphatic rings. The van der Waals surface area contributed by atoms with Gasteiger partial charge in [0.15, 0.2) is 5.96 Å². The highest BCUT2D eigenvalue weighted by Crippen LogP contribution is 2.26. The van der Waals surface area contributed by atoms with E-state index in [1.807, 2.05) is 24.3 Å². The summed E-state index contributed by atoms with van der Waals surface area (Å²) in [6, 6.07) is 7.34. The highest BCUT2D eigenvalue weighted by Gasteiger charge is 2.29. The first-order valence-electron chi connectivity index (χ1n) is 7.55. The Morgan fingerprint density at radius 2 is 2.17 bits per heavy atom. The van der Waals surface area contributed by atoms with E-state index in [0.717, 1.165) is 30.7 Å². The highest BCUT2D eigenvalue weighted by molar-refractivity contribution is 14.0. The largest absolute Gasteiger partial charge is 0.497 e. The number of aliphatic imine (C=N–C) groups is 1. The van der Waals surface area contributed by atoms with Crippen molar-refractivity contribution in [2.75, 3.05) is 25.2 Å². The molecule has 2 rings (SSSR count). The van der Waals surface area contributed by atoms with Gasteiger partial charge in [-0.15, -0.1) is 24.0 Å². The van der Waals surface area contributed by atoms with Gasteiger partial charge in [-0.2, -0.15) is 0 Å². The first kappa shape index (κ1) is 21.0. The Kier molecular flexibility index (Phi) is 8.23. The number of anilines is 1. The molecule has 0 bridgehead atoms. The summed E-state index contributed by atoms with van der Waals surface area (Å²) in [6.45, 7) is 0.496. The van der Waals surface area contributed by atoms with Crippen LogP contribution in [0.5, 0.6) is 5.75 Å². The first-order chi connectivity index (χ1) is 10.9. The van der Waals surface area contributed by atoms with Crippen LogP contribution in [0, 0.1) is 5.92 Å². The predicted molar refractivity (Wildman–Crippen MR) is 108 cm³/mol. The fourth-order valence-electron chi connectivity index (χ4n) is 2.79. The summed E-state index contributed by atoms with van der Waals surface area (Å²) in [5.74, 6) is 1.22. The van der Waals surface area contributed by atoms with E-state index in [4.69, 9.17) is 10.5 Å². The van der Waals surface area contributed by atoms with Crippen molar-refractivity contribution in [3.8, 4) is 5.75 Å². The molecule has 1 aromatic carbocycles. The molecule has 2 atom stereocenters. The number of nitrogens with two attached hydrogens (primary N) is 1. The molecule has 7 nitrogen and oxygen atoms in total. The van der Waals surface area contributed by atoms with Gasteiger partial charge in [0, 0.05) is 24.3 Å². The van der Waals surface area contributed by atoms with Crippen molar-refractivity contribution in [1.82, 2.24) is 4.72 Å². The van der Waals surface area contributed by atoms with Crippen LogP contribution >= 0.6 is 24.0 Å². The Balaban J connectivity index is 0.00000288. The Morgan fingerprint density at radius 1 is 1.42 bits per heavy atom. The third-order valence-electron chi connectivity index (χ3n) is 3.86. The van der Waals surface area contributed by atoms with Crippen molar-refractivity contribution in [2.45, 2.75) is 25.3 Å². The Bertz CT molecular complexity index is 666. The van der Waals surface area contributed by atoms with Gasteiger partial charge >= 0.3 is 0 Å². The Labute approximate surface area is 160 Å². The third-order valence-corrected chi connectivity index (χ3v) is 4.59. The first-order valence-corrected chi connectivity index (χ1v) is 9.45. The maximum atomic E-state index is 11.4. The normalized spacial score (nSPS) is 21.2. The second-order valence-corrected chi connectivity index (χ2v) is 7.55. The van der Waals surface area contributed by atoms with E-state index in [1.165, 1.54) is 6.26 Å². The molecule has 136 valence electrons. The summed E-state index contributed by atoms with van der Waals surface area (Å²) in [6.07, 6.45) is 3.97. The zero-order chi connectivity index (χ0) is 16.9. The monoisotopic (exact) mass is 468 g/mol. The van der Waals surface area contributed by atoms with Crippen molar-refractivity contribution in [1.29, 1.82) is 0 Å². The molecule has 1 saturated carbocycles. The summed E-state index contributed by atoms with van der Waals surface area (Å²) < 4.78 is 30.6. The molecule has 0 saturated heterocycles. The molecule has 0 heterocycles. The van der Waals surface area contributed by atoms with Gasteiger partial charge < -0.3 is 15.8 Å². The molecule has 2 unspecified atom stereocenters. The lowest BCUT2D eigenvalue weighted by molar-refractivity contribution is 0.415. The van der Waals surface area contributed by atoms with Gasteiger partial charge in [-0.05, 0) is 30.9 Å². The summed E-state index contributed by atoms with van der Waals surface area (Å²) in [5, 5.41) is 3.01. The van der Waals surface area contributed by atoms with E-state index in [9.17, 15) is 8.42 Å². The minimum absolute atomic E-state index is 0. The molecule has 24 heavy (non-hydrogen) atoms. The maximum absolute atomic E-state index is 11.4. The summed E-state index contributed by atoms with van der Waals surface area (Å²) in [5.41, 5.74) is 6.70. The van der Waals surface area contributed by atoms with Crippen LogP contribution in [0.1, 0.15) is 19.3 Å². The van der Waals surface area contributed by atoms with Crippen LogP contribution in [0.25, 0.3) is 0 Å². The molecule has 0 aliphatic heterocycles. The quantitative estimate of drug-likeness (QED) is 0.335. The molecule has 0 aromatic heterocycles. The zero-order valence-electron chi connectivity index (χ0n) is 13.9. The lowest BCUT2D eigenvalue weighted by atomic mass is 10.1. The Hall–Kier alpha value is -1.07. The fraction of sp³-hybridized carbons (Fsp3) is 0.533. The van der Waals surface area contributed by atoms with Gasteiger partial charge in [0.05, 0.1) is 13.4 Å². The minimum Gasteiger partial charge on any atom is -0.497 e. The minimum atomic E-state index is -3.19. The number of guanidine groups is 1. The molecule has 1 fully saturated rings. The molecular formula is C15H25IN4O3S. The van der Waals surface area contributed by atoms with Gasteiger partial charge in [0.25, 0.3) is 0 Å². The number of nitrogens with zero attached hydrogens (tertiary/aromatic N) is 1. The number of benzene rings is 1. The number of hydrogen-bond acceptors (Lipinski definition) is 4. The lowest BCUT2D eigenvalue weighted by Gasteiger charge is -2.18. The summed E-state index contributed by atoms with van der Waals surface area (Å²) in [4.78, 5) is 4.34. The third kappa shape index (κ3) is 6.81.